The molecule has 0 atom stereocenters. The van der Waals surface area contributed by atoms with Crippen molar-refractivity contribution in [1.29, 1.82) is 0 Å². The van der Waals surface area contributed by atoms with Gasteiger partial charge < -0.3 is 29.2 Å². The molecule has 0 saturated carbocycles. The topological polar surface area (TPSA) is 112 Å². The monoisotopic (exact) mass is 528 g/mol. The first-order valence-electron chi connectivity index (χ1n) is 12.2. The van der Waals surface area contributed by atoms with Crippen LogP contribution in [0.2, 0.25) is 0 Å². The molecule has 8 nitrogen and oxygen atoms in total. The Balaban J connectivity index is 1.24. The fourth-order valence-electron chi connectivity index (χ4n) is 3.42. The van der Waals surface area contributed by atoms with Gasteiger partial charge in [0, 0.05) is 5.41 Å². The Morgan fingerprint density at radius 3 is 1.26 bits per heavy atom. The Morgan fingerprint density at radius 1 is 0.564 bits per heavy atom. The van der Waals surface area contributed by atoms with Crippen LogP contribution in [0.3, 0.4) is 0 Å². The van der Waals surface area contributed by atoms with E-state index in [1.807, 2.05) is 13.8 Å². The van der Waals surface area contributed by atoms with Crippen LogP contribution in [0.1, 0.15) is 34.6 Å². The van der Waals surface area contributed by atoms with Gasteiger partial charge in [0.25, 0.3) is 0 Å². The van der Waals surface area contributed by atoms with Gasteiger partial charge in [-0.05, 0) is 72.8 Å². The first-order valence-corrected chi connectivity index (χ1v) is 12.2. The van der Waals surface area contributed by atoms with Gasteiger partial charge in [0.05, 0.1) is 13.2 Å². The second-order valence-electron chi connectivity index (χ2n) is 9.50. The summed E-state index contributed by atoms with van der Waals surface area (Å²) >= 11 is 0. The second kappa shape index (κ2) is 12.0. The van der Waals surface area contributed by atoms with Gasteiger partial charge in [-0.15, -0.1) is 0 Å². The molecule has 200 valence electrons. The minimum absolute atomic E-state index is 0.0858. The highest BCUT2D eigenvalue weighted by Gasteiger charge is 2.21. The number of rotatable bonds is 10. The minimum Gasteiger partial charge on any atom is -0.507 e. The highest BCUT2D eigenvalue weighted by molar-refractivity contribution is 5.94. The Bertz CT molecular complexity index is 1320. The summed E-state index contributed by atoms with van der Waals surface area (Å²) < 4.78 is 22.4. The molecule has 0 spiro atoms. The number of esters is 2. The third-order valence-electron chi connectivity index (χ3n) is 5.58. The third-order valence-corrected chi connectivity index (χ3v) is 5.58. The molecule has 39 heavy (non-hydrogen) atoms. The number of hydrogen-bond acceptors (Lipinski definition) is 8. The predicted octanol–water partition coefficient (Wildman–Crippen LogP) is 6.02. The second-order valence-corrected chi connectivity index (χ2v) is 9.50. The normalized spacial score (nSPS) is 10.9. The van der Waals surface area contributed by atoms with Gasteiger partial charge in [0.15, 0.2) is 0 Å². The lowest BCUT2D eigenvalue weighted by Crippen LogP contribution is -2.28. The Hall–Kier alpha value is -4.98. The summed E-state index contributed by atoms with van der Waals surface area (Å²) in [5, 5.41) is 19.6. The van der Waals surface area contributed by atoms with Gasteiger partial charge in [-0.1, -0.05) is 38.1 Å². The molecule has 8 heteroatoms. The fraction of sp³-hybridized carbons (Fsp3) is 0.161. The number of carbonyl (C=O) groups is 2. The summed E-state index contributed by atoms with van der Waals surface area (Å²) in [4.78, 5) is 24.5. The van der Waals surface area contributed by atoms with E-state index in [1.165, 1.54) is 24.3 Å². The molecule has 0 aliphatic rings. The van der Waals surface area contributed by atoms with Crippen molar-refractivity contribution in [2.75, 3.05) is 13.2 Å². The number of aromatic hydroxyl groups is 2. The van der Waals surface area contributed by atoms with E-state index in [0.717, 1.165) is 0 Å². The molecule has 0 saturated heterocycles. The zero-order valence-electron chi connectivity index (χ0n) is 21.5. The summed E-state index contributed by atoms with van der Waals surface area (Å²) in [5.41, 5.74) is -0.170. The van der Waals surface area contributed by atoms with E-state index in [-0.39, 0.29) is 28.0 Å². The van der Waals surface area contributed by atoms with Crippen LogP contribution in [-0.2, 0) is 0 Å². The van der Waals surface area contributed by atoms with Crippen LogP contribution < -0.4 is 18.9 Å². The molecule has 0 heterocycles. The van der Waals surface area contributed by atoms with E-state index in [0.29, 0.717) is 36.2 Å². The number of hydrogen-bond donors (Lipinski definition) is 2. The molecule has 2 N–H and O–H groups in total. The number of benzene rings is 4. The lowest BCUT2D eigenvalue weighted by Gasteiger charge is -2.25. The van der Waals surface area contributed by atoms with Gasteiger partial charge in [-0.2, -0.15) is 0 Å². The standard InChI is InChI=1S/C31H28O8/c1-31(2,19-36-21-11-15-23(16-12-21)38-29(34)25-7-3-5-9-27(25)32)20-37-22-13-17-24(18-14-22)39-30(35)26-8-4-6-10-28(26)33/h3-18,32-33H,19-20H2,1-2H3. The average Bonchev–Trinajstić information content (AvgIpc) is 2.93. The molecule has 0 amide bonds. The summed E-state index contributed by atoms with van der Waals surface area (Å²) in [7, 11) is 0. The fourth-order valence-corrected chi connectivity index (χ4v) is 3.42. The number of phenols is 2. The first-order chi connectivity index (χ1) is 18.7. The lowest BCUT2D eigenvalue weighted by molar-refractivity contribution is 0.0721. The molecule has 0 radical (unpaired) electrons. The Kier molecular flexibility index (Phi) is 8.36. The molecule has 0 aromatic heterocycles. The molecule has 4 aromatic rings. The third kappa shape index (κ3) is 7.52. The van der Waals surface area contributed by atoms with Crippen molar-refractivity contribution in [2.45, 2.75) is 13.8 Å². The summed E-state index contributed by atoms with van der Waals surface area (Å²) in [6, 6.07) is 25.6. The maximum atomic E-state index is 12.2. The van der Waals surface area contributed by atoms with E-state index in [9.17, 15) is 19.8 Å². The Labute approximate surface area is 226 Å². The maximum Gasteiger partial charge on any atom is 0.347 e. The molecule has 0 fully saturated rings. The largest absolute Gasteiger partial charge is 0.507 e. The quantitative estimate of drug-likeness (QED) is 0.190. The van der Waals surface area contributed by atoms with Crippen LogP contribution >= 0.6 is 0 Å². The van der Waals surface area contributed by atoms with Crippen molar-refractivity contribution in [1.82, 2.24) is 0 Å². The van der Waals surface area contributed by atoms with Crippen molar-refractivity contribution < 1.29 is 38.7 Å². The summed E-state index contributed by atoms with van der Waals surface area (Å²) in [6.07, 6.45) is 0. The van der Waals surface area contributed by atoms with Crippen LogP contribution in [0.15, 0.2) is 97.1 Å². The molecule has 4 aromatic carbocycles. The minimum atomic E-state index is -0.651. The van der Waals surface area contributed by atoms with Crippen LogP contribution in [0, 0.1) is 5.41 Å². The molecular weight excluding hydrogens is 500 g/mol. The summed E-state index contributed by atoms with van der Waals surface area (Å²) in [6.45, 7) is 4.72. The highest BCUT2D eigenvalue weighted by Crippen LogP contribution is 2.26. The molecular formula is C31H28O8. The van der Waals surface area contributed by atoms with E-state index in [1.54, 1.807) is 72.8 Å². The predicted molar refractivity (Wildman–Crippen MR) is 144 cm³/mol. The van der Waals surface area contributed by atoms with Crippen molar-refractivity contribution in [2.24, 2.45) is 5.41 Å². The number of para-hydroxylation sites is 2. The molecule has 0 bridgehead atoms. The molecule has 4 rings (SSSR count). The van der Waals surface area contributed by atoms with Gasteiger partial charge >= 0.3 is 11.9 Å². The van der Waals surface area contributed by atoms with Gasteiger partial charge in [0.1, 0.15) is 45.6 Å². The number of carbonyl (C=O) groups excluding carboxylic acids is 2. The number of phenolic OH excluding ortho intramolecular Hbond substituents is 2. The van der Waals surface area contributed by atoms with Gasteiger partial charge in [-0.3, -0.25) is 0 Å². The van der Waals surface area contributed by atoms with Crippen molar-refractivity contribution >= 4 is 11.9 Å². The van der Waals surface area contributed by atoms with Crippen LogP contribution in [0.25, 0.3) is 0 Å². The zero-order chi connectivity index (χ0) is 27.8. The number of ether oxygens (including phenoxy) is 4. The van der Waals surface area contributed by atoms with Gasteiger partial charge in [-0.25, -0.2) is 9.59 Å². The first kappa shape index (κ1) is 27.1. The van der Waals surface area contributed by atoms with E-state index < -0.39 is 11.9 Å². The highest BCUT2D eigenvalue weighted by atomic mass is 16.5. The molecule has 0 unspecified atom stereocenters. The van der Waals surface area contributed by atoms with Crippen molar-refractivity contribution in [3.05, 3.63) is 108 Å². The molecule has 0 aliphatic heterocycles. The van der Waals surface area contributed by atoms with Crippen LogP contribution in [0.4, 0.5) is 0 Å². The Morgan fingerprint density at radius 2 is 0.897 bits per heavy atom. The van der Waals surface area contributed by atoms with Gasteiger partial charge in [0.2, 0.25) is 0 Å². The molecule has 0 aliphatic carbocycles. The van der Waals surface area contributed by atoms with Crippen LogP contribution in [0.5, 0.6) is 34.5 Å². The van der Waals surface area contributed by atoms with Crippen molar-refractivity contribution in [3.8, 4) is 34.5 Å². The van der Waals surface area contributed by atoms with E-state index >= 15 is 0 Å². The summed E-state index contributed by atoms with van der Waals surface area (Å²) in [5.74, 6) is 0.261. The lowest BCUT2D eigenvalue weighted by atomic mass is 9.96. The SMILES string of the molecule is CC(C)(COc1ccc(OC(=O)c2ccccc2O)cc1)COc1ccc(OC(=O)c2ccccc2O)cc1. The van der Waals surface area contributed by atoms with E-state index in [4.69, 9.17) is 18.9 Å². The zero-order valence-corrected chi connectivity index (χ0v) is 21.5. The van der Waals surface area contributed by atoms with E-state index in [2.05, 4.69) is 0 Å². The van der Waals surface area contributed by atoms with Crippen molar-refractivity contribution in [3.63, 3.8) is 0 Å². The smallest absolute Gasteiger partial charge is 0.347 e. The maximum absolute atomic E-state index is 12.2. The average molecular weight is 529 g/mol. The van der Waals surface area contributed by atoms with Crippen LogP contribution in [-0.4, -0.2) is 35.4 Å².